The summed E-state index contributed by atoms with van der Waals surface area (Å²) < 4.78 is 0. The summed E-state index contributed by atoms with van der Waals surface area (Å²) in [5, 5.41) is 19.7. The van der Waals surface area contributed by atoms with E-state index in [-0.39, 0.29) is 75.5 Å². The summed E-state index contributed by atoms with van der Waals surface area (Å²) in [6.45, 7) is 3.84. The predicted octanol–water partition coefficient (Wildman–Crippen LogP) is -0.875. The highest BCUT2D eigenvalue weighted by molar-refractivity contribution is 5.93. The van der Waals surface area contributed by atoms with Gasteiger partial charge in [-0.2, -0.15) is 0 Å². The largest absolute Gasteiger partial charge is 0.480 e. The van der Waals surface area contributed by atoms with Gasteiger partial charge >= 0.3 is 12.0 Å². The predicted molar refractivity (Wildman–Crippen MR) is 176 cm³/mol. The Morgan fingerprint density at radius 2 is 1.33 bits per heavy atom. The number of aliphatic carboxylic acids is 1. The molecule has 16 nitrogen and oxygen atoms in total. The number of guanidine groups is 2. The Labute approximate surface area is 274 Å². The second-order valence-electron chi connectivity index (χ2n) is 10.1. The average Bonchev–Trinajstić information content (AvgIpc) is 2.94. The van der Waals surface area contributed by atoms with Crippen LogP contribution in [0.4, 0.5) is 4.79 Å². The van der Waals surface area contributed by atoms with E-state index in [1.165, 1.54) is 0 Å². The Morgan fingerprint density at radius 3 is 1.82 bits per heavy atom. The first-order chi connectivity index (χ1) is 20.3. The molecule has 0 unspecified atom stereocenters. The van der Waals surface area contributed by atoms with Gasteiger partial charge < -0.3 is 54.1 Å². The van der Waals surface area contributed by atoms with E-state index in [1.807, 2.05) is 0 Å². The lowest BCUT2D eigenvalue weighted by Gasteiger charge is -2.27. The van der Waals surface area contributed by atoms with Gasteiger partial charge in [0.15, 0.2) is 11.9 Å². The maximum absolute atomic E-state index is 13.3. The van der Waals surface area contributed by atoms with E-state index in [9.17, 15) is 29.1 Å². The fraction of sp³-hybridized carbons (Fsp3) is 0.519. The van der Waals surface area contributed by atoms with Gasteiger partial charge in [-0.1, -0.05) is 44.2 Å². The molecule has 0 spiro atoms. The molecule has 0 heterocycles. The lowest BCUT2D eigenvalue weighted by atomic mass is 10.0. The third-order valence-corrected chi connectivity index (χ3v) is 6.16. The molecule has 18 heteroatoms. The lowest BCUT2D eigenvalue weighted by molar-refractivity contribution is -0.139. The normalized spacial score (nSPS) is 12.8. The van der Waals surface area contributed by atoms with Crippen molar-refractivity contribution in [1.29, 1.82) is 0 Å². The van der Waals surface area contributed by atoms with Crippen LogP contribution in [0.5, 0.6) is 0 Å². The first kappa shape index (κ1) is 42.8. The molecule has 0 aliphatic rings. The Balaban J connectivity index is 0. The van der Waals surface area contributed by atoms with Crippen molar-refractivity contribution in [2.45, 2.75) is 70.1 Å². The van der Waals surface area contributed by atoms with Gasteiger partial charge in [-0.25, -0.2) is 9.59 Å². The van der Waals surface area contributed by atoms with Gasteiger partial charge in [-0.3, -0.25) is 19.6 Å². The third kappa shape index (κ3) is 18.2. The highest BCUT2D eigenvalue weighted by atomic mass is 35.5. The summed E-state index contributed by atoms with van der Waals surface area (Å²) in [6, 6.07) is 3.51. The second kappa shape index (κ2) is 23.1. The average molecular weight is 678 g/mol. The Hall–Kier alpha value is -4.31. The van der Waals surface area contributed by atoms with Gasteiger partial charge in [-0.05, 0) is 37.2 Å². The number of hydrogen-bond acceptors (Lipinski definition) is 7. The molecular weight excluding hydrogens is 631 g/mol. The van der Waals surface area contributed by atoms with E-state index in [4.69, 9.17) is 22.9 Å². The topological polar surface area (TPSA) is 282 Å². The molecule has 0 aliphatic heterocycles. The Morgan fingerprint density at radius 1 is 0.800 bits per heavy atom. The SMILES string of the molecule is CC(C)[C@H](NC(=O)[C@H](CCCN=C(N)N)NC(=O)N[C@@H](Cc1ccccc1)C(=O)O)C(=O)N[C@H](C=O)CCCN=C(N)N.Cl.Cl. The molecule has 1 aromatic rings. The zero-order valence-corrected chi connectivity index (χ0v) is 26.9. The number of hydrogen-bond donors (Lipinski definition) is 9. The number of carbonyl (C=O) groups is 5. The van der Waals surface area contributed by atoms with Crippen LogP contribution < -0.4 is 44.2 Å². The van der Waals surface area contributed by atoms with Gasteiger partial charge in [0, 0.05) is 19.5 Å². The minimum Gasteiger partial charge on any atom is -0.480 e. The number of carboxylic acids is 1. The number of aldehydes is 1. The van der Waals surface area contributed by atoms with Crippen molar-refractivity contribution >= 4 is 66.8 Å². The van der Waals surface area contributed by atoms with Crippen LogP contribution in [-0.2, 0) is 25.6 Å². The molecule has 1 rings (SSSR count). The van der Waals surface area contributed by atoms with Crippen LogP contribution in [0.25, 0.3) is 0 Å². The van der Waals surface area contributed by atoms with Gasteiger partial charge in [0.05, 0.1) is 6.04 Å². The maximum atomic E-state index is 13.3. The number of nitrogens with one attached hydrogen (secondary N) is 4. The first-order valence-electron chi connectivity index (χ1n) is 13.8. The number of amides is 4. The summed E-state index contributed by atoms with van der Waals surface area (Å²) in [7, 11) is 0. The van der Waals surface area contributed by atoms with Gasteiger partial charge in [-0.15, -0.1) is 24.8 Å². The van der Waals surface area contributed by atoms with Crippen molar-refractivity contribution < 1.29 is 29.1 Å². The van der Waals surface area contributed by atoms with Crippen LogP contribution in [0.2, 0.25) is 0 Å². The quantitative estimate of drug-likeness (QED) is 0.0377. The third-order valence-electron chi connectivity index (χ3n) is 6.16. The van der Waals surface area contributed by atoms with Crippen molar-refractivity contribution in [3.63, 3.8) is 0 Å². The number of rotatable bonds is 19. The van der Waals surface area contributed by atoms with Crippen molar-refractivity contribution in [3.05, 3.63) is 35.9 Å². The molecular formula is C27H46Cl2N10O6. The number of nitrogens with two attached hydrogens (primary N) is 4. The van der Waals surface area contributed by atoms with E-state index in [0.717, 1.165) is 0 Å². The minimum absolute atomic E-state index is 0. The highest BCUT2D eigenvalue weighted by Crippen LogP contribution is 2.08. The number of halogens is 2. The molecule has 0 aliphatic carbocycles. The molecule has 0 aromatic heterocycles. The van der Waals surface area contributed by atoms with E-state index < -0.39 is 53.9 Å². The molecule has 45 heavy (non-hydrogen) atoms. The molecule has 254 valence electrons. The molecule has 4 amide bonds. The summed E-state index contributed by atoms with van der Waals surface area (Å²) >= 11 is 0. The fourth-order valence-electron chi connectivity index (χ4n) is 3.94. The van der Waals surface area contributed by atoms with Crippen molar-refractivity contribution in [1.82, 2.24) is 21.3 Å². The van der Waals surface area contributed by atoms with Crippen LogP contribution in [0.15, 0.2) is 40.3 Å². The highest BCUT2D eigenvalue weighted by Gasteiger charge is 2.30. The van der Waals surface area contributed by atoms with Crippen molar-refractivity contribution in [2.75, 3.05) is 13.1 Å². The van der Waals surface area contributed by atoms with Crippen LogP contribution in [0.1, 0.15) is 45.1 Å². The molecule has 4 atom stereocenters. The zero-order valence-electron chi connectivity index (χ0n) is 25.3. The molecule has 0 saturated carbocycles. The molecule has 13 N–H and O–H groups in total. The smallest absolute Gasteiger partial charge is 0.326 e. The van der Waals surface area contributed by atoms with E-state index in [2.05, 4.69) is 31.3 Å². The van der Waals surface area contributed by atoms with Crippen LogP contribution >= 0.6 is 24.8 Å². The lowest BCUT2D eigenvalue weighted by Crippen LogP contribution is -2.58. The van der Waals surface area contributed by atoms with E-state index in [1.54, 1.807) is 44.2 Å². The van der Waals surface area contributed by atoms with Crippen LogP contribution in [-0.4, -0.2) is 84.4 Å². The number of carboxylic acid groups (broad SMARTS) is 1. The Kier molecular flexibility index (Phi) is 22.0. The van der Waals surface area contributed by atoms with Crippen LogP contribution in [0.3, 0.4) is 0 Å². The fourth-order valence-corrected chi connectivity index (χ4v) is 3.94. The number of aliphatic imine (C=N–C) groups is 2. The first-order valence-corrected chi connectivity index (χ1v) is 13.8. The van der Waals surface area contributed by atoms with Gasteiger partial charge in [0.1, 0.15) is 24.4 Å². The maximum Gasteiger partial charge on any atom is 0.326 e. The van der Waals surface area contributed by atoms with Crippen LogP contribution in [0, 0.1) is 5.92 Å². The summed E-state index contributed by atoms with van der Waals surface area (Å²) in [5.74, 6) is -3.17. The molecule has 1 aromatic carbocycles. The van der Waals surface area contributed by atoms with Gasteiger partial charge in [0.2, 0.25) is 11.8 Å². The zero-order chi connectivity index (χ0) is 32.4. The van der Waals surface area contributed by atoms with Crippen molar-refractivity contribution in [3.8, 4) is 0 Å². The summed E-state index contributed by atoms with van der Waals surface area (Å²) in [4.78, 5) is 70.3. The number of urea groups is 1. The molecule has 0 saturated heterocycles. The summed E-state index contributed by atoms with van der Waals surface area (Å²) in [5.41, 5.74) is 22.0. The number of nitrogens with zero attached hydrogens (tertiary/aromatic N) is 2. The molecule has 0 fully saturated rings. The molecule has 0 radical (unpaired) electrons. The number of benzene rings is 1. The second-order valence-corrected chi connectivity index (χ2v) is 10.1. The van der Waals surface area contributed by atoms with Gasteiger partial charge in [0.25, 0.3) is 0 Å². The molecule has 0 bridgehead atoms. The minimum atomic E-state index is -1.27. The van der Waals surface area contributed by atoms with E-state index in [0.29, 0.717) is 18.3 Å². The van der Waals surface area contributed by atoms with E-state index >= 15 is 0 Å². The standard InChI is InChI=1S/C27H44N10O6.2ClH/c1-16(2)21(23(40)34-18(15-38)10-6-12-32-25(28)29)37-22(39)19(11-7-13-33-26(30)31)35-27(43)36-20(24(41)42)14-17-8-4-3-5-9-17;;/h3-5,8-9,15-16,18-21H,6-7,10-14H2,1-2H3,(H,34,40)(H,37,39)(H,41,42)(H4,28,29,32)(H4,30,31,33)(H2,35,36,43);2*1H/t18-,19-,20-,21-;;/m0../s1. The summed E-state index contributed by atoms with van der Waals surface area (Å²) in [6.07, 6.45) is 1.65. The Bertz CT molecular complexity index is 1130. The monoisotopic (exact) mass is 676 g/mol. The number of carbonyl (C=O) groups excluding carboxylic acids is 4. The van der Waals surface area contributed by atoms with Crippen molar-refractivity contribution in [2.24, 2.45) is 38.8 Å².